The molecule has 6 heteroatoms. The molecule has 6 nitrogen and oxygen atoms in total. The molecule has 19 heavy (non-hydrogen) atoms. The van der Waals surface area contributed by atoms with E-state index >= 15 is 0 Å². The van der Waals surface area contributed by atoms with Crippen molar-refractivity contribution >= 4 is 17.0 Å². The molecule has 0 bridgehead atoms. The van der Waals surface area contributed by atoms with Crippen LogP contribution in [0.15, 0.2) is 23.1 Å². The van der Waals surface area contributed by atoms with Gasteiger partial charge in [0.1, 0.15) is 5.65 Å². The summed E-state index contributed by atoms with van der Waals surface area (Å²) < 4.78 is 0. The predicted octanol–water partition coefficient (Wildman–Crippen LogP) is 0.826. The lowest BCUT2D eigenvalue weighted by Crippen LogP contribution is -2.26. The third-order valence-corrected chi connectivity index (χ3v) is 3.38. The van der Waals surface area contributed by atoms with E-state index in [2.05, 4.69) is 25.2 Å². The van der Waals surface area contributed by atoms with Crippen molar-refractivity contribution in [1.29, 1.82) is 0 Å². The highest BCUT2D eigenvalue weighted by Crippen LogP contribution is 2.08. The fourth-order valence-corrected chi connectivity index (χ4v) is 2.35. The van der Waals surface area contributed by atoms with Gasteiger partial charge < -0.3 is 15.2 Å². The molecule has 0 atom stereocenters. The van der Waals surface area contributed by atoms with Crippen molar-refractivity contribution in [3.05, 3.63) is 28.7 Å². The van der Waals surface area contributed by atoms with Crippen LogP contribution in [0.3, 0.4) is 0 Å². The highest BCUT2D eigenvalue weighted by molar-refractivity contribution is 5.74. The maximum atomic E-state index is 11.2. The lowest BCUT2D eigenvalue weighted by Gasteiger charge is -2.14. The van der Waals surface area contributed by atoms with Crippen LogP contribution in [0.2, 0.25) is 0 Å². The summed E-state index contributed by atoms with van der Waals surface area (Å²) >= 11 is 0. The van der Waals surface area contributed by atoms with Crippen LogP contribution in [0.4, 0.5) is 5.95 Å². The van der Waals surface area contributed by atoms with E-state index in [1.54, 1.807) is 12.3 Å². The Balaban J connectivity index is 1.65. The molecule has 1 fully saturated rings. The van der Waals surface area contributed by atoms with Gasteiger partial charge in [0.05, 0.1) is 0 Å². The number of rotatable bonds is 4. The molecule has 0 radical (unpaired) electrons. The first-order valence-electron chi connectivity index (χ1n) is 6.63. The van der Waals surface area contributed by atoms with Gasteiger partial charge in [-0.25, -0.2) is 4.98 Å². The first kappa shape index (κ1) is 12.1. The van der Waals surface area contributed by atoms with E-state index in [9.17, 15) is 4.79 Å². The Kier molecular flexibility index (Phi) is 3.41. The van der Waals surface area contributed by atoms with E-state index in [4.69, 9.17) is 0 Å². The standard InChI is InChI=1S/C13H17N5O/c19-11-4-3-10-9-15-13(17-12(10)16-11)14-5-8-18-6-1-2-7-18/h3-4,9H,1-2,5-8H2,(H2,14,15,16,17,19). The highest BCUT2D eigenvalue weighted by Gasteiger charge is 2.10. The Morgan fingerprint density at radius 3 is 3.00 bits per heavy atom. The van der Waals surface area contributed by atoms with Crippen molar-refractivity contribution in [2.75, 3.05) is 31.5 Å². The van der Waals surface area contributed by atoms with Crippen LogP contribution in [0.5, 0.6) is 0 Å². The SMILES string of the molecule is O=c1ccc2cnc(NCCN3CCCC3)nc2[nH]1. The second kappa shape index (κ2) is 5.36. The fourth-order valence-electron chi connectivity index (χ4n) is 2.35. The van der Waals surface area contributed by atoms with Crippen LogP contribution in [-0.4, -0.2) is 46.0 Å². The van der Waals surface area contributed by atoms with Crippen LogP contribution in [0, 0.1) is 0 Å². The van der Waals surface area contributed by atoms with Gasteiger partial charge in [-0.15, -0.1) is 0 Å². The molecule has 1 saturated heterocycles. The van der Waals surface area contributed by atoms with Crippen molar-refractivity contribution in [2.45, 2.75) is 12.8 Å². The summed E-state index contributed by atoms with van der Waals surface area (Å²) in [5.74, 6) is 0.563. The zero-order valence-corrected chi connectivity index (χ0v) is 10.7. The van der Waals surface area contributed by atoms with Crippen molar-refractivity contribution in [3.63, 3.8) is 0 Å². The summed E-state index contributed by atoms with van der Waals surface area (Å²) in [6, 6.07) is 3.20. The molecular formula is C13H17N5O. The third kappa shape index (κ3) is 2.90. The zero-order valence-electron chi connectivity index (χ0n) is 10.7. The molecule has 0 unspecified atom stereocenters. The van der Waals surface area contributed by atoms with Crippen LogP contribution in [0.25, 0.3) is 11.0 Å². The largest absolute Gasteiger partial charge is 0.353 e. The summed E-state index contributed by atoms with van der Waals surface area (Å²) in [6.45, 7) is 4.20. The van der Waals surface area contributed by atoms with Gasteiger partial charge in [-0.2, -0.15) is 4.98 Å². The number of hydrogen-bond donors (Lipinski definition) is 2. The minimum Gasteiger partial charge on any atom is -0.353 e. The highest BCUT2D eigenvalue weighted by atomic mass is 16.1. The zero-order chi connectivity index (χ0) is 13.1. The number of nitrogens with one attached hydrogen (secondary N) is 2. The maximum Gasteiger partial charge on any atom is 0.249 e. The first-order valence-corrected chi connectivity index (χ1v) is 6.63. The Morgan fingerprint density at radius 1 is 1.32 bits per heavy atom. The number of anilines is 1. The topological polar surface area (TPSA) is 73.9 Å². The number of H-pyrrole nitrogens is 1. The van der Waals surface area contributed by atoms with Gasteiger partial charge in [0.25, 0.3) is 0 Å². The molecule has 1 aliphatic rings. The van der Waals surface area contributed by atoms with Crippen molar-refractivity contribution in [1.82, 2.24) is 19.9 Å². The van der Waals surface area contributed by atoms with E-state index in [0.717, 1.165) is 18.5 Å². The molecule has 100 valence electrons. The second-order valence-electron chi connectivity index (χ2n) is 4.80. The number of pyridine rings is 1. The predicted molar refractivity (Wildman–Crippen MR) is 74.3 cm³/mol. The van der Waals surface area contributed by atoms with Gasteiger partial charge in [0.2, 0.25) is 11.5 Å². The van der Waals surface area contributed by atoms with E-state index in [1.165, 1.54) is 32.0 Å². The van der Waals surface area contributed by atoms with Gasteiger partial charge in [-0.05, 0) is 32.0 Å². The number of likely N-dealkylation sites (tertiary alicyclic amines) is 1. The number of nitrogens with zero attached hydrogens (tertiary/aromatic N) is 3. The minimum absolute atomic E-state index is 0.144. The van der Waals surface area contributed by atoms with Gasteiger partial charge in [0, 0.05) is 30.7 Å². The number of hydrogen-bond acceptors (Lipinski definition) is 5. The number of aromatic amines is 1. The minimum atomic E-state index is -0.144. The fraction of sp³-hybridized carbons (Fsp3) is 0.462. The van der Waals surface area contributed by atoms with Gasteiger partial charge in [-0.3, -0.25) is 4.79 Å². The summed E-state index contributed by atoms with van der Waals surface area (Å²) in [5, 5.41) is 4.03. The van der Waals surface area contributed by atoms with E-state index < -0.39 is 0 Å². The molecule has 2 aromatic rings. The lowest BCUT2D eigenvalue weighted by atomic mass is 10.3. The lowest BCUT2D eigenvalue weighted by molar-refractivity contribution is 0.352. The molecule has 0 aromatic carbocycles. The molecule has 3 heterocycles. The molecule has 2 N–H and O–H groups in total. The third-order valence-electron chi connectivity index (χ3n) is 3.38. The summed E-state index contributed by atoms with van der Waals surface area (Å²) in [4.78, 5) is 24.9. The van der Waals surface area contributed by atoms with E-state index in [0.29, 0.717) is 11.6 Å². The molecule has 2 aromatic heterocycles. The monoisotopic (exact) mass is 259 g/mol. The van der Waals surface area contributed by atoms with Gasteiger partial charge in [-0.1, -0.05) is 0 Å². The molecule has 0 amide bonds. The average Bonchev–Trinajstić information content (AvgIpc) is 2.91. The molecular weight excluding hydrogens is 242 g/mol. The second-order valence-corrected chi connectivity index (χ2v) is 4.80. The van der Waals surface area contributed by atoms with Crippen LogP contribution in [-0.2, 0) is 0 Å². The van der Waals surface area contributed by atoms with Gasteiger partial charge >= 0.3 is 0 Å². The first-order chi connectivity index (χ1) is 9.31. The van der Waals surface area contributed by atoms with Crippen LogP contribution < -0.4 is 10.9 Å². The van der Waals surface area contributed by atoms with Crippen molar-refractivity contribution < 1.29 is 0 Å². The quantitative estimate of drug-likeness (QED) is 0.850. The Bertz CT molecular complexity index is 618. The Labute approximate surface area is 110 Å². The number of aromatic nitrogens is 3. The normalized spacial score (nSPS) is 16.0. The Morgan fingerprint density at radius 2 is 2.16 bits per heavy atom. The van der Waals surface area contributed by atoms with Crippen molar-refractivity contribution in [2.24, 2.45) is 0 Å². The Hall–Kier alpha value is -1.95. The van der Waals surface area contributed by atoms with Crippen molar-refractivity contribution in [3.8, 4) is 0 Å². The van der Waals surface area contributed by atoms with Crippen LogP contribution >= 0.6 is 0 Å². The average molecular weight is 259 g/mol. The summed E-state index contributed by atoms with van der Waals surface area (Å²) in [6.07, 6.45) is 4.32. The van der Waals surface area contributed by atoms with Crippen LogP contribution in [0.1, 0.15) is 12.8 Å². The maximum absolute atomic E-state index is 11.2. The van der Waals surface area contributed by atoms with E-state index in [1.807, 2.05) is 0 Å². The smallest absolute Gasteiger partial charge is 0.249 e. The summed E-state index contributed by atoms with van der Waals surface area (Å²) in [7, 11) is 0. The van der Waals surface area contributed by atoms with Gasteiger partial charge in [0.15, 0.2) is 0 Å². The summed E-state index contributed by atoms with van der Waals surface area (Å²) in [5.41, 5.74) is 0.431. The molecule has 0 saturated carbocycles. The molecule has 1 aliphatic heterocycles. The molecule has 0 aliphatic carbocycles. The number of fused-ring (bicyclic) bond motifs is 1. The molecule has 0 spiro atoms. The molecule has 3 rings (SSSR count). The van der Waals surface area contributed by atoms with E-state index in [-0.39, 0.29) is 5.56 Å².